The maximum Gasteiger partial charge on any atom is 0.215 e. The van der Waals surface area contributed by atoms with E-state index in [9.17, 15) is 8.42 Å². The van der Waals surface area contributed by atoms with Crippen molar-refractivity contribution in [1.29, 1.82) is 0 Å². The fraction of sp³-hybridized carbons (Fsp3) is 0.600. The van der Waals surface area contributed by atoms with Gasteiger partial charge in [-0.05, 0) is 30.2 Å². The van der Waals surface area contributed by atoms with E-state index in [2.05, 4.69) is 10.0 Å². The van der Waals surface area contributed by atoms with Gasteiger partial charge in [0, 0.05) is 24.4 Å². The van der Waals surface area contributed by atoms with Gasteiger partial charge in [0.15, 0.2) is 0 Å². The number of hydrogen-bond acceptors (Lipinski definition) is 4. The molecule has 0 amide bonds. The van der Waals surface area contributed by atoms with Gasteiger partial charge in [0.2, 0.25) is 10.0 Å². The Balaban J connectivity index is 1.89. The Bertz CT molecular complexity index is 557. The minimum atomic E-state index is -3.26. The van der Waals surface area contributed by atoms with Gasteiger partial charge in [-0.15, -0.1) is 0 Å². The summed E-state index contributed by atoms with van der Waals surface area (Å²) >= 11 is 1.65. The van der Waals surface area contributed by atoms with E-state index in [-0.39, 0.29) is 11.0 Å². The summed E-state index contributed by atoms with van der Waals surface area (Å²) in [5, 5.41) is 3.73. The second-order valence-corrected chi connectivity index (χ2v) is 8.71. The van der Waals surface area contributed by atoms with Gasteiger partial charge in [0.1, 0.15) is 0 Å². The Kier molecular flexibility index (Phi) is 6.10. The summed E-state index contributed by atoms with van der Waals surface area (Å²) in [6.45, 7) is 3.30. The van der Waals surface area contributed by atoms with Crippen molar-refractivity contribution in [2.45, 2.75) is 43.4 Å². The van der Waals surface area contributed by atoms with E-state index in [1.54, 1.807) is 11.8 Å². The fourth-order valence-corrected chi connectivity index (χ4v) is 3.56. The molecule has 1 saturated carbocycles. The predicted octanol–water partition coefficient (Wildman–Crippen LogP) is 2.11. The zero-order valence-corrected chi connectivity index (χ0v) is 14.3. The van der Waals surface area contributed by atoms with Gasteiger partial charge < -0.3 is 5.32 Å². The van der Waals surface area contributed by atoms with Crippen LogP contribution in [0.3, 0.4) is 0 Å². The van der Waals surface area contributed by atoms with Crippen LogP contribution in [0.4, 0.5) is 0 Å². The van der Waals surface area contributed by atoms with Crippen molar-refractivity contribution in [2.75, 3.05) is 12.8 Å². The van der Waals surface area contributed by atoms with Crippen molar-refractivity contribution in [3.8, 4) is 0 Å². The smallest absolute Gasteiger partial charge is 0.215 e. The van der Waals surface area contributed by atoms with Crippen molar-refractivity contribution in [2.24, 2.45) is 0 Å². The first-order chi connectivity index (χ1) is 9.98. The second-order valence-electron chi connectivity index (χ2n) is 5.63. The third-order valence-electron chi connectivity index (χ3n) is 3.51. The lowest BCUT2D eigenvalue weighted by Gasteiger charge is -2.11. The zero-order valence-electron chi connectivity index (χ0n) is 12.6. The molecule has 1 aromatic rings. The van der Waals surface area contributed by atoms with Crippen LogP contribution < -0.4 is 10.0 Å². The van der Waals surface area contributed by atoms with Gasteiger partial charge in [-0.1, -0.05) is 31.2 Å². The summed E-state index contributed by atoms with van der Waals surface area (Å²) in [5.41, 5.74) is 1.99. The molecule has 118 valence electrons. The van der Waals surface area contributed by atoms with E-state index in [0.29, 0.717) is 12.6 Å². The Morgan fingerprint density at radius 2 is 2.05 bits per heavy atom. The molecule has 2 N–H and O–H groups in total. The van der Waals surface area contributed by atoms with E-state index in [1.165, 1.54) is 12.8 Å². The van der Waals surface area contributed by atoms with Crippen LogP contribution >= 0.6 is 11.8 Å². The third kappa shape index (κ3) is 6.38. The average Bonchev–Trinajstić information content (AvgIpc) is 3.27. The summed E-state index contributed by atoms with van der Waals surface area (Å²) in [7, 11) is -3.26. The van der Waals surface area contributed by atoms with Crippen LogP contribution in [0.1, 0.15) is 30.9 Å². The molecule has 1 fully saturated rings. The first kappa shape index (κ1) is 16.8. The molecule has 4 nitrogen and oxygen atoms in total. The number of benzene rings is 1. The van der Waals surface area contributed by atoms with Crippen molar-refractivity contribution in [3.63, 3.8) is 0 Å². The highest BCUT2D eigenvalue weighted by Gasteiger charge is 2.20. The minimum Gasteiger partial charge on any atom is -0.310 e. The highest BCUT2D eigenvalue weighted by atomic mass is 32.2. The van der Waals surface area contributed by atoms with E-state index < -0.39 is 10.0 Å². The quantitative estimate of drug-likeness (QED) is 0.729. The Hall–Kier alpha value is -0.560. The van der Waals surface area contributed by atoms with Gasteiger partial charge in [-0.2, -0.15) is 11.8 Å². The first-order valence-electron chi connectivity index (χ1n) is 7.30. The summed E-state index contributed by atoms with van der Waals surface area (Å²) < 4.78 is 26.8. The molecule has 0 aromatic heterocycles. The van der Waals surface area contributed by atoms with Gasteiger partial charge >= 0.3 is 0 Å². The lowest BCUT2D eigenvalue weighted by molar-refractivity contribution is 0.580. The van der Waals surface area contributed by atoms with E-state index >= 15 is 0 Å². The van der Waals surface area contributed by atoms with Crippen LogP contribution in [0, 0.1) is 0 Å². The molecule has 6 heteroatoms. The summed E-state index contributed by atoms with van der Waals surface area (Å²) in [5.74, 6) is 0.0470. The topological polar surface area (TPSA) is 58.2 Å². The van der Waals surface area contributed by atoms with Crippen molar-refractivity contribution in [1.82, 2.24) is 10.0 Å². The molecule has 1 unspecified atom stereocenters. The Morgan fingerprint density at radius 1 is 1.33 bits per heavy atom. The van der Waals surface area contributed by atoms with Gasteiger partial charge in [0.25, 0.3) is 0 Å². The minimum absolute atomic E-state index is 0.0470. The van der Waals surface area contributed by atoms with E-state index in [0.717, 1.165) is 17.7 Å². The normalized spacial score (nSPS) is 16.9. The molecule has 0 spiro atoms. The summed E-state index contributed by atoms with van der Waals surface area (Å²) in [6, 6.07) is 8.48. The van der Waals surface area contributed by atoms with Crippen LogP contribution in [0.5, 0.6) is 0 Å². The number of hydrogen-bond donors (Lipinski definition) is 2. The van der Waals surface area contributed by atoms with Gasteiger partial charge in [-0.25, -0.2) is 13.1 Å². The fourth-order valence-electron chi connectivity index (χ4n) is 1.98. The Labute approximate surface area is 132 Å². The van der Waals surface area contributed by atoms with Crippen LogP contribution in [-0.4, -0.2) is 32.5 Å². The Morgan fingerprint density at radius 3 is 2.71 bits per heavy atom. The molecule has 0 heterocycles. The van der Waals surface area contributed by atoms with Crippen LogP contribution in [0.25, 0.3) is 0 Å². The third-order valence-corrected chi connectivity index (χ3v) is 5.80. The average molecular weight is 329 g/mol. The monoisotopic (exact) mass is 328 g/mol. The predicted molar refractivity (Wildman–Crippen MR) is 89.9 cm³/mol. The largest absolute Gasteiger partial charge is 0.310 e. The van der Waals surface area contributed by atoms with Crippen molar-refractivity contribution < 1.29 is 8.42 Å². The SMILES string of the molecule is CSC(C)CNS(=O)(=O)Cc1cccc(CNC2CC2)c1. The molecule has 0 bridgehead atoms. The van der Waals surface area contributed by atoms with Crippen molar-refractivity contribution in [3.05, 3.63) is 35.4 Å². The van der Waals surface area contributed by atoms with E-state index in [4.69, 9.17) is 0 Å². The molecule has 0 aliphatic heterocycles. The molecule has 1 atom stereocenters. The molecule has 21 heavy (non-hydrogen) atoms. The van der Waals surface area contributed by atoms with Crippen LogP contribution in [-0.2, 0) is 22.3 Å². The number of sulfonamides is 1. The molecule has 1 aliphatic carbocycles. The van der Waals surface area contributed by atoms with Crippen LogP contribution in [0.15, 0.2) is 24.3 Å². The molecule has 1 aliphatic rings. The number of nitrogens with one attached hydrogen (secondary N) is 2. The zero-order chi connectivity index (χ0) is 15.3. The molecular formula is C15H24N2O2S2. The first-order valence-corrected chi connectivity index (χ1v) is 10.2. The maximum absolute atomic E-state index is 12.1. The molecule has 1 aromatic carbocycles. The number of thioether (sulfide) groups is 1. The highest BCUT2D eigenvalue weighted by Crippen LogP contribution is 2.19. The molecule has 0 saturated heterocycles. The van der Waals surface area contributed by atoms with E-state index in [1.807, 2.05) is 37.4 Å². The highest BCUT2D eigenvalue weighted by molar-refractivity contribution is 7.99. The molecule has 2 rings (SSSR count). The summed E-state index contributed by atoms with van der Waals surface area (Å²) in [4.78, 5) is 0. The van der Waals surface area contributed by atoms with Crippen LogP contribution in [0.2, 0.25) is 0 Å². The lowest BCUT2D eigenvalue weighted by Crippen LogP contribution is -2.30. The standard InChI is InChI=1S/C15H24N2O2S2/c1-12(20-2)9-17-21(18,19)11-14-5-3-4-13(8-14)10-16-15-6-7-15/h3-5,8,12,15-17H,6-7,9-11H2,1-2H3. The second kappa shape index (κ2) is 7.63. The molecular weight excluding hydrogens is 304 g/mol. The maximum atomic E-state index is 12.1. The van der Waals surface area contributed by atoms with Crippen molar-refractivity contribution >= 4 is 21.8 Å². The summed E-state index contributed by atoms with van der Waals surface area (Å²) in [6.07, 6.45) is 4.49. The van der Waals surface area contributed by atoms with Gasteiger partial charge in [-0.3, -0.25) is 0 Å². The lowest BCUT2D eigenvalue weighted by atomic mass is 10.1. The molecule has 0 radical (unpaired) electrons. The van der Waals surface area contributed by atoms with Gasteiger partial charge in [0.05, 0.1) is 5.75 Å². The number of rotatable bonds is 9.